The molecule has 0 radical (unpaired) electrons. The van der Waals surface area contributed by atoms with E-state index in [1.165, 1.54) is 19.3 Å². The number of nitrogens with two attached hydrogens (primary N) is 1. The Bertz CT molecular complexity index is 581. The summed E-state index contributed by atoms with van der Waals surface area (Å²) in [5.74, 6) is 0.671. The maximum atomic E-state index is 12.8. The summed E-state index contributed by atoms with van der Waals surface area (Å²) in [6.45, 7) is 0.693. The van der Waals surface area contributed by atoms with Gasteiger partial charge in [0.2, 0.25) is 10.0 Å². The van der Waals surface area contributed by atoms with E-state index in [2.05, 4.69) is 0 Å². The van der Waals surface area contributed by atoms with Crippen molar-refractivity contribution in [3.05, 3.63) is 29.8 Å². The second kappa shape index (κ2) is 5.97. The first-order chi connectivity index (χ1) is 10.1. The van der Waals surface area contributed by atoms with Crippen LogP contribution in [0.15, 0.2) is 24.3 Å². The number of hydrogen-bond donors (Lipinski definition) is 1. The van der Waals surface area contributed by atoms with Crippen molar-refractivity contribution >= 4 is 15.7 Å². The molecule has 1 aromatic rings. The van der Waals surface area contributed by atoms with E-state index in [4.69, 9.17) is 5.73 Å². The third-order valence-electron chi connectivity index (χ3n) is 4.88. The van der Waals surface area contributed by atoms with Crippen molar-refractivity contribution in [3.8, 4) is 0 Å². The number of anilines is 1. The highest BCUT2D eigenvalue weighted by molar-refractivity contribution is 7.88. The Labute approximate surface area is 127 Å². The second-order valence-corrected chi connectivity index (χ2v) is 8.28. The Morgan fingerprint density at radius 2 is 1.71 bits per heavy atom. The summed E-state index contributed by atoms with van der Waals surface area (Å²) in [5.41, 5.74) is 7.15. The topological polar surface area (TPSA) is 63.4 Å². The molecule has 1 aliphatic carbocycles. The van der Waals surface area contributed by atoms with Crippen LogP contribution in [0.2, 0.25) is 0 Å². The zero-order valence-corrected chi connectivity index (χ0v) is 13.2. The van der Waals surface area contributed by atoms with Gasteiger partial charge in [0.05, 0.1) is 5.75 Å². The van der Waals surface area contributed by atoms with Crippen LogP contribution in [0.3, 0.4) is 0 Å². The van der Waals surface area contributed by atoms with Crippen LogP contribution >= 0.6 is 0 Å². The van der Waals surface area contributed by atoms with Crippen molar-refractivity contribution in [3.63, 3.8) is 0 Å². The van der Waals surface area contributed by atoms with E-state index in [0.717, 1.165) is 24.8 Å². The van der Waals surface area contributed by atoms with Gasteiger partial charge < -0.3 is 5.73 Å². The van der Waals surface area contributed by atoms with Crippen LogP contribution in [0, 0.1) is 5.92 Å². The molecule has 2 N–H and O–H groups in total. The van der Waals surface area contributed by atoms with E-state index in [-0.39, 0.29) is 11.8 Å². The Kier molecular flexibility index (Phi) is 4.22. The molecule has 4 nitrogen and oxygen atoms in total. The van der Waals surface area contributed by atoms with Crippen LogP contribution in [0.25, 0.3) is 0 Å². The summed E-state index contributed by atoms with van der Waals surface area (Å²) in [6, 6.07) is 7.41. The molecule has 116 valence electrons. The fraction of sp³-hybridized carbons (Fsp3) is 0.625. The van der Waals surface area contributed by atoms with Gasteiger partial charge in [0, 0.05) is 18.3 Å². The average Bonchev–Trinajstić information content (AvgIpc) is 2.49. The lowest BCUT2D eigenvalue weighted by Crippen LogP contribution is -2.49. The van der Waals surface area contributed by atoms with Crippen molar-refractivity contribution in [2.24, 2.45) is 5.92 Å². The molecule has 5 heteroatoms. The first-order valence-corrected chi connectivity index (χ1v) is 9.51. The molecule has 21 heavy (non-hydrogen) atoms. The van der Waals surface area contributed by atoms with Crippen molar-refractivity contribution in [2.75, 3.05) is 12.3 Å². The van der Waals surface area contributed by atoms with Crippen LogP contribution in [-0.2, 0) is 15.8 Å². The predicted octanol–water partition coefficient (Wildman–Crippen LogP) is 2.75. The monoisotopic (exact) mass is 308 g/mol. The molecular formula is C16H24N2O2S. The van der Waals surface area contributed by atoms with Gasteiger partial charge in [0.25, 0.3) is 0 Å². The van der Waals surface area contributed by atoms with E-state index < -0.39 is 10.0 Å². The largest absolute Gasteiger partial charge is 0.399 e. The molecule has 1 aromatic carbocycles. The highest BCUT2D eigenvalue weighted by Gasteiger charge is 2.39. The minimum atomic E-state index is -3.23. The molecule has 0 aromatic heterocycles. The van der Waals surface area contributed by atoms with Gasteiger partial charge in [-0.25, -0.2) is 8.42 Å². The lowest BCUT2D eigenvalue weighted by molar-refractivity contribution is 0.129. The quantitative estimate of drug-likeness (QED) is 0.873. The fourth-order valence-electron chi connectivity index (χ4n) is 3.83. The number of benzene rings is 1. The van der Waals surface area contributed by atoms with Gasteiger partial charge in [-0.15, -0.1) is 0 Å². The molecule has 1 saturated heterocycles. The number of nitrogen functional groups attached to an aromatic ring is 1. The first kappa shape index (κ1) is 14.9. The summed E-state index contributed by atoms with van der Waals surface area (Å²) in [4.78, 5) is 0. The summed E-state index contributed by atoms with van der Waals surface area (Å²) >= 11 is 0. The summed E-state index contributed by atoms with van der Waals surface area (Å²) < 4.78 is 27.4. The molecule has 0 bridgehead atoms. The number of piperidine rings is 1. The van der Waals surface area contributed by atoms with Gasteiger partial charge in [0.1, 0.15) is 0 Å². The lowest BCUT2D eigenvalue weighted by atomic mass is 9.79. The van der Waals surface area contributed by atoms with E-state index in [1.807, 2.05) is 12.1 Å². The number of fused-ring (bicyclic) bond motifs is 1. The first-order valence-electron chi connectivity index (χ1n) is 7.90. The van der Waals surface area contributed by atoms with Crippen molar-refractivity contribution in [1.82, 2.24) is 4.31 Å². The minimum Gasteiger partial charge on any atom is -0.399 e. The molecule has 2 aliphatic rings. The number of nitrogens with zero attached hydrogens (tertiary/aromatic N) is 1. The molecule has 2 unspecified atom stereocenters. The number of rotatable bonds is 3. The van der Waals surface area contributed by atoms with E-state index in [0.29, 0.717) is 18.2 Å². The smallest absolute Gasteiger partial charge is 0.218 e. The SMILES string of the molecule is Nc1ccc(CS(=O)(=O)N2CCCC3CCCCC32)cc1. The Balaban J connectivity index is 1.78. The highest BCUT2D eigenvalue weighted by atomic mass is 32.2. The van der Waals surface area contributed by atoms with Gasteiger partial charge >= 0.3 is 0 Å². The van der Waals surface area contributed by atoms with Crippen molar-refractivity contribution in [2.45, 2.75) is 50.3 Å². The maximum absolute atomic E-state index is 12.8. The van der Waals surface area contributed by atoms with Crippen LogP contribution in [-0.4, -0.2) is 25.3 Å². The van der Waals surface area contributed by atoms with Crippen LogP contribution in [0.1, 0.15) is 44.1 Å². The third kappa shape index (κ3) is 3.24. The molecule has 3 rings (SSSR count). The fourth-order valence-corrected chi connectivity index (χ4v) is 5.71. The van der Waals surface area contributed by atoms with Gasteiger partial charge in [-0.1, -0.05) is 25.0 Å². The van der Waals surface area contributed by atoms with E-state index in [1.54, 1.807) is 16.4 Å². The highest BCUT2D eigenvalue weighted by Crippen LogP contribution is 2.37. The zero-order valence-electron chi connectivity index (χ0n) is 12.4. The maximum Gasteiger partial charge on any atom is 0.218 e. The molecule has 1 aliphatic heterocycles. The molecule has 0 spiro atoms. The molecular weight excluding hydrogens is 284 g/mol. The van der Waals surface area contributed by atoms with Gasteiger partial charge in [-0.3, -0.25) is 0 Å². The van der Waals surface area contributed by atoms with Gasteiger partial charge in [0.15, 0.2) is 0 Å². The molecule has 1 heterocycles. The van der Waals surface area contributed by atoms with E-state index >= 15 is 0 Å². The van der Waals surface area contributed by atoms with Crippen LogP contribution < -0.4 is 5.73 Å². The Hall–Kier alpha value is -1.07. The van der Waals surface area contributed by atoms with Crippen LogP contribution in [0.5, 0.6) is 0 Å². The van der Waals surface area contributed by atoms with Gasteiger partial charge in [-0.05, 0) is 49.3 Å². The second-order valence-electron chi connectivity index (χ2n) is 6.36. The van der Waals surface area contributed by atoms with Crippen molar-refractivity contribution < 1.29 is 8.42 Å². The van der Waals surface area contributed by atoms with Crippen LogP contribution in [0.4, 0.5) is 5.69 Å². The standard InChI is InChI=1S/C16H24N2O2S/c17-15-9-7-13(8-10-15)12-21(19,20)18-11-3-5-14-4-1-2-6-16(14)18/h7-10,14,16H,1-6,11-12,17H2. The molecule has 2 fully saturated rings. The predicted molar refractivity (Wildman–Crippen MR) is 85.2 cm³/mol. The number of hydrogen-bond acceptors (Lipinski definition) is 3. The molecule has 1 saturated carbocycles. The van der Waals surface area contributed by atoms with Crippen molar-refractivity contribution in [1.29, 1.82) is 0 Å². The molecule has 2 atom stereocenters. The summed E-state index contributed by atoms with van der Waals surface area (Å²) in [5, 5.41) is 0. The third-order valence-corrected chi connectivity index (χ3v) is 6.74. The average molecular weight is 308 g/mol. The lowest BCUT2D eigenvalue weighted by Gasteiger charge is -2.43. The molecule has 0 amide bonds. The summed E-state index contributed by atoms with van der Waals surface area (Å²) in [7, 11) is -3.23. The number of sulfonamides is 1. The zero-order chi connectivity index (χ0) is 14.9. The summed E-state index contributed by atoms with van der Waals surface area (Å²) in [6.07, 6.45) is 6.84. The minimum absolute atomic E-state index is 0.0938. The van der Waals surface area contributed by atoms with E-state index in [9.17, 15) is 8.42 Å². The normalized spacial score (nSPS) is 27.2. The Morgan fingerprint density at radius 3 is 2.48 bits per heavy atom. The Morgan fingerprint density at radius 1 is 1.05 bits per heavy atom. The van der Waals surface area contributed by atoms with Gasteiger partial charge in [-0.2, -0.15) is 4.31 Å².